The molecule has 116 valence electrons. The molecule has 0 aliphatic carbocycles. The van der Waals surface area contributed by atoms with E-state index in [2.05, 4.69) is 4.90 Å². The summed E-state index contributed by atoms with van der Waals surface area (Å²) in [5.74, 6) is 0.152. The minimum atomic E-state index is 0.152. The summed E-state index contributed by atoms with van der Waals surface area (Å²) in [7, 11) is 2.04. The molecule has 1 aromatic carbocycles. The van der Waals surface area contributed by atoms with Crippen LogP contribution >= 0.6 is 0 Å². The lowest BCUT2D eigenvalue weighted by molar-refractivity contribution is 0.0628. The number of aryl methyl sites for hydroxylation is 2. The molecular weight excluding hydrogens is 264 g/mol. The van der Waals surface area contributed by atoms with Crippen molar-refractivity contribution in [2.75, 3.05) is 33.3 Å². The Bertz CT molecular complexity index is 494. The van der Waals surface area contributed by atoms with Gasteiger partial charge in [0, 0.05) is 31.2 Å². The number of amides is 1. The highest BCUT2D eigenvalue weighted by molar-refractivity contribution is 5.95. The van der Waals surface area contributed by atoms with E-state index in [0.717, 1.165) is 42.6 Å². The summed E-state index contributed by atoms with van der Waals surface area (Å²) in [6, 6.07) is 6.52. The number of aliphatic hydroxyl groups is 1. The summed E-state index contributed by atoms with van der Waals surface area (Å²) in [4.78, 5) is 16.8. The monoisotopic (exact) mass is 290 g/mol. The van der Waals surface area contributed by atoms with Crippen LogP contribution in [0.25, 0.3) is 0 Å². The van der Waals surface area contributed by atoms with Gasteiger partial charge in [-0.05, 0) is 45.4 Å². The molecule has 1 amide bonds. The third-order valence-corrected chi connectivity index (χ3v) is 4.45. The third kappa shape index (κ3) is 3.83. The minimum absolute atomic E-state index is 0.152. The van der Waals surface area contributed by atoms with Crippen molar-refractivity contribution in [2.45, 2.75) is 32.7 Å². The summed E-state index contributed by atoms with van der Waals surface area (Å²) in [6.07, 6.45) is 1.96. The molecule has 1 saturated heterocycles. The quantitative estimate of drug-likeness (QED) is 0.920. The van der Waals surface area contributed by atoms with Crippen molar-refractivity contribution >= 4 is 5.91 Å². The van der Waals surface area contributed by atoms with Crippen molar-refractivity contribution in [1.82, 2.24) is 9.80 Å². The van der Waals surface area contributed by atoms with Gasteiger partial charge in [-0.25, -0.2) is 0 Å². The van der Waals surface area contributed by atoms with E-state index in [-0.39, 0.29) is 12.5 Å². The van der Waals surface area contributed by atoms with E-state index < -0.39 is 0 Å². The molecule has 4 nitrogen and oxygen atoms in total. The predicted molar refractivity (Wildman–Crippen MR) is 84.6 cm³/mol. The Hall–Kier alpha value is -1.39. The second kappa shape index (κ2) is 7.05. The normalized spacial score (nSPS) is 16.5. The number of hydrogen-bond acceptors (Lipinski definition) is 3. The first-order chi connectivity index (χ1) is 10.0. The van der Waals surface area contributed by atoms with Crippen LogP contribution in [0.2, 0.25) is 0 Å². The third-order valence-electron chi connectivity index (χ3n) is 4.45. The Morgan fingerprint density at radius 1 is 1.33 bits per heavy atom. The molecular formula is C17H26N2O2. The van der Waals surface area contributed by atoms with Crippen LogP contribution in [0.5, 0.6) is 0 Å². The van der Waals surface area contributed by atoms with Crippen molar-refractivity contribution in [3.63, 3.8) is 0 Å². The zero-order valence-electron chi connectivity index (χ0n) is 13.3. The summed E-state index contributed by atoms with van der Waals surface area (Å²) in [5.41, 5.74) is 3.00. The maximum atomic E-state index is 12.6. The van der Waals surface area contributed by atoms with E-state index in [0.29, 0.717) is 12.6 Å². The Morgan fingerprint density at radius 3 is 2.62 bits per heavy atom. The molecule has 21 heavy (non-hydrogen) atoms. The van der Waals surface area contributed by atoms with Crippen LogP contribution in [0.4, 0.5) is 0 Å². The van der Waals surface area contributed by atoms with Crippen LogP contribution in [-0.2, 0) is 0 Å². The van der Waals surface area contributed by atoms with Crippen LogP contribution in [0.15, 0.2) is 18.2 Å². The molecule has 1 N–H and O–H groups in total. The van der Waals surface area contributed by atoms with Gasteiger partial charge in [-0.2, -0.15) is 0 Å². The van der Waals surface area contributed by atoms with Gasteiger partial charge in [-0.15, -0.1) is 0 Å². The number of likely N-dealkylation sites (N-methyl/N-ethyl adjacent to an activating group) is 1. The summed E-state index contributed by atoms with van der Waals surface area (Å²) in [6.45, 7) is 6.51. The lowest BCUT2D eigenvalue weighted by Gasteiger charge is -2.36. The van der Waals surface area contributed by atoms with Gasteiger partial charge in [-0.3, -0.25) is 4.79 Å². The molecule has 1 aromatic rings. The fraction of sp³-hybridized carbons (Fsp3) is 0.588. The van der Waals surface area contributed by atoms with E-state index >= 15 is 0 Å². The van der Waals surface area contributed by atoms with Gasteiger partial charge >= 0.3 is 0 Å². The first-order valence-electron chi connectivity index (χ1n) is 7.70. The van der Waals surface area contributed by atoms with Gasteiger partial charge in [0.05, 0.1) is 6.61 Å². The average molecular weight is 290 g/mol. The lowest BCUT2D eigenvalue weighted by atomic mass is 10.0. The van der Waals surface area contributed by atoms with Gasteiger partial charge in [0.1, 0.15) is 0 Å². The van der Waals surface area contributed by atoms with Gasteiger partial charge in [0.25, 0.3) is 5.91 Å². The summed E-state index contributed by atoms with van der Waals surface area (Å²) >= 11 is 0. The van der Waals surface area contributed by atoms with Crippen molar-refractivity contribution in [3.05, 3.63) is 34.9 Å². The number of rotatable bonds is 4. The Balaban J connectivity index is 1.98. The van der Waals surface area contributed by atoms with Crippen molar-refractivity contribution in [3.8, 4) is 0 Å². The number of benzene rings is 1. The van der Waals surface area contributed by atoms with E-state index in [1.54, 1.807) is 0 Å². The molecule has 0 bridgehead atoms. The molecule has 0 radical (unpaired) electrons. The SMILES string of the molecule is Cc1ccc(C)c(C(=O)N2CCC(N(C)CCO)CC2)c1. The highest BCUT2D eigenvalue weighted by Crippen LogP contribution is 2.19. The highest BCUT2D eigenvalue weighted by Gasteiger charge is 2.26. The topological polar surface area (TPSA) is 43.8 Å². The number of carbonyl (C=O) groups excluding carboxylic acids is 1. The van der Waals surface area contributed by atoms with Gasteiger partial charge < -0.3 is 14.9 Å². The lowest BCUT2D eigenvalue weighted by Crippen LogP contribution is -2.46. The number of nitrogens with zero attached hydrogens (tertiary/aromatic N) is 2. The second-order valence-corrected chi connectivity index (χ2v) is 6.05. The van der Waals surface area contributed by atoms with Crippen LogP contribution in [0, 0.1) is 13.8 Å². The molecule has 1 aliphatic heterocycles. The predicted octanol–water partition coefficient (Wildman–Crippen LogP) is 1.83. The van der Waals surface area contributed by atoms with Crippen LogP contribution < -0.4 is 0 Å². The maximum Gasteiger partial charge on any atom is 0.254 e. The largest absolute Gasteiger partial charge is 0.395 e. The maximum absolute atomic E-state index is 12.6. The van der Waals surface area contributed by atoms with E-state index in [1.807, 2.05) is 44.0 Å². The molecule has 0 unspecified atom stereocenters. The molecule has 0 atom stereocenters. The van der Waals surface area contributed by atoms with Crippen molar-refractivity contribution < 1.29 is 9.90 Å². The summed E-state index contributed by atoms with van der Waals surface area (Å²) < 4.78 is 0. The number of carbonyl (C=O) groups is 1. The number of aliphatic hydroxyl groups excluding tert-OH is 1. The number of piperidine rings is 1. The average Bonchev–Trinajstić information content (AvgIpc) is 2.49. The molecule has 0 spiro atoms. The number of likely N-dealkylation sites (tertiary alicyclic amines) is 1. The number of hydrogen-bond donors (Lipinski definition) is 1. The molecule has 1 heterocycles. The smallest absolute Gasteiger partial charge is 0.254 e. The van der Waals surface area contributed by atoms with Crippen molar-refractivity contribution in [2.24, 2.45) is 0 Å². The Labute approximate surface area is 127 Å². The van der Waals surface area contributed by atoms with E-state index in [9.17, 15) is 4.79 Å². The zero-order chi connectivity index (χ0) is 15.4. The molecule has 0 saturated carbocycles. The molecule has 4 heteroatoms. The van der Waals surface area contributed by atoms with Crippen LogP contribution in [0.1, 0.15) is 34.3 Å². The fourth-order valence-corrected chi connectivity index (χ4v) is 2.99. The highest BCUT2D eigenvalue weighted by atomic mass is 16.3. The first-order valence-corrected chi connectivity index (χ1v) is 7.70. The minimum Gasteiger partial charge on any atom is -0.395 e. The van der Waals surface area contributed by atoms with Crippen molar-refractivity contribution in [1.29, 1.82) is 0 Å². The fourth-order valence-electron chi connectivity index (χ4n) is 2.99. The second-order valence-electron chi connectivity index (χ2n) is 6.05. The van der Waals surface area contributed by atoms with Gasteiger partial charge in [-0.1, -0.05) is 17.7 Å². The summed E-state index contributed by atoms with van der Waals surface area (Å²) in [5, 5.41) is 9.01. The Morgan fingerprint density at radius 2 is 2.00 bits per heavy atom. The van der Waals surface area contributed by atoms with E-state index in [1.165, 1.54) is 0 Å². The molecule has 2 rings (SSSR count). The zero-order valence-corrected chi connectivity index (χ0v) is 13.3. The standard InChI is InChI=1S/C17H26N2O2/c1-13-4-5-14(2)16(12-13)17(21)19-8-6-15(7-9-19)18(3)10-11-20/h4-5,12,15,20H,6-11H2,1-3H3. The first kappa shape index (κ1) is 16.0. The molecule has 1 aliphatic rings. The van der Waals surface area contributed by atoms with Crippen LogP contribution in [0.3, 0.4) is 0 Å². The van der Waals surface area contributed by atoms with Gasteiger partial charge in [0.15, 0.2) is 0 Å². The van der Waals surface area contributed by atoms with Gasteiger partial charge in [0.2, 0.25) is 0 Å². The molecule has 0 aromatic heterocycles. The Kier molecular flexibility index (Phi) is 5.37. The van der Waals surface area contributed by atoms with E-state index in [4.69, 9.17) is 5.11 Å². The van der Waals surface area contributed by atoms with Crippen LogP contribution in [-0.4, -0.2) is 60.1 Å². The molecule has 1 fully saturated rings.